The quantitative estimate of drug-likeness (QED) is 0.440. The van der Waals surface area contributed by atoms with E-state index in [1.165, 1.54) is 6.07 Å². The number of carboxylic acid groups (broad SMARTS) is 1. The van der Waals surface area contributed by atoms with Gasteiger partial charge < -0.3 is 20.1 Å². The minimum absolute atomic E-state index is 0. The summed E-state index contributed by atoms with van der Waals surface area (Å²) in [7, 11) is 0. The first-order valence-electron chi connectivity index (χ1n) is 2.81. The predicted molar refractivity (Wildman–Crippen MR) is 29.7 cm³/mol. The van der Waals surface area contributed by atoms with Crippen LogP contribution in [0.15, 0.2) is 18.2 Å². The van der Waals surface area contributed by atoms with E-state index in [9.17, 15) is 20.1 Å². The average Bonchev–Trinajstić information content (AvgIpc) is 1.85. The molecule has 7 heteroatoms. The Hall–Kier alpha value is 1.29. The molecule has 0 saturated carbocycles. The molecule has 0 spiro atoms. The molecule has 4 nitrogen and oxygen atoms in total. The molecule has 14 heavy (non-hydrogen) atoms. The summed E-state index contributed by atoms with van der Waals surface area (Å²) in [6.07, 6.45) is 0. The number of hydrogen-bond acceptors (Lipinski definition) is 4. The maximum atomic E-state index is 10.7. The van der Waals surface area contributed by atoms with Crippen molar-refractivity contribution < 1.29 is 109 Å². The molecule has 0 aliphatic rings. The standard InChI is InChI=1S/C7H6O4.3Na/c8-4-2-1-3-5(9)6(4)7(10)11;;;/h1-3,8-9H,(H,10,11);;;/q;3*+1/p-3. The molecule has 0 atom stereocenters. The zero-order chi connectivity index (χ0) is 8.43. The summed E-state index contributed by atoms with van der Waals surface area (Å²) in [5.74, 6) is -3.34. The van der Waals surface area contributed by atoms with Crippen molar-refractivity contribution in [3.8, 4) is 11.5 Å². The van der Waals surface area contributed by atoms with Crippen LogP contribution in [-0.2, 0) is 0 Å². The number of carboxylic acids is 1. The third kappa shape index (κ3) is 5.39. The van der Waals surface area contributed by atoms with E-state index < -0.39 is 23.0 Å². The Kier molecular flexibility index (Phi) is 14.0. The molecule has 58 valence electrons. The Labute approximate surface area is 148 Å². The molecule has 0 radical (unpaired) electrons. The maximum Gasteiger partial charge on any atom is 1.00 e. The Morgan fingerprint density at radius 1 is 1.00 bits per heavy atom. The molecule has 0 aliphatic carbocycles. The van der Waals surface area contributed by atoms with E-state index in [1.807, 2.05) is 0 Å². The SMILES string of the molecule is O=C([O-])c1c([O-])cccc1[O-].[Na+].[Na+].[Na+]. The summed E-state index contributed by atoms with van der Waals surface area (Å²) >= 11 is 0. The second-order valence-corrected chi connectivity index (χ2v) is 1.92. The second-order valence-electron chi connectivity index (χ2n) is 1.92. The van der Waals surface area contributed by atoms with Crippen molar-refractivity contribution in [3.05, 3.63) is 23.8 Å². The Morgan fingerprint density at radius 3 is 1.57 bits per heavy atom. The minimum atomic E-state index is -1.72. The van der Waals surface area contributed by atoms with Crippen LogP contribution in [0.25, 0.3) is 0 Å². The van der Waals surface area contributed by atoms with Crippen LogP contribution in [0.2, 0.25) is 0 Å². The van der Waals surface area contributed by atoms with Gasteiger partial charge in [0.1, 0.15) is 0 Å². The number of carbonyl (C=O) groups excluding carboxylic acids is 1. The molecule has 0 saturated heterocycles. The van der Waals surface area contributed by atoms with Gasteiger partial charge in [-0.2, -0.15) is 0 Å². The zero-order valence-corrected chi connectivity index (χ0v) is 14.4. The maximum absolute atomic E-state index is 10.7. The molecule has 0 bridgehead atoms. The Balaban J connectivity index is -0.000000403. The van der Waals surface area contributed by atoms with Gasteiger partial charge in [0.2, 0.25) is 0 Å². The van der Waals surface area contributed by atoms with Crippen LogP contribution < -0.4 is 104 Å². The van der Waals surface area contributed by atoms with Gasteiger partial charge in [-0.25, -0.2) is 0 Å². The summed E-state index contributed by atoms with van der Waals surface area (Å²) in [6, 6.07) is 3.22. The van der Waals surface area contributed by atoms with Crippen LogP contribution in [0.1, 0.15) is 10.4 Å². The van der Waals surface area contributed by atoms with Crippen LogP contribution >= 0.6 is 0 Å². The second kappa shape index (κ2) is 9.51. The molecule has 0 aromatic heterocycles. The van der Waals surface area contributed by atoms with Crippen molar-refractivity contribution in [2.24, 2.45) is 0 Å². The minimum Gasteiger partial charge on any atom is -0.872 e. The fraction of sp³-hybridized carbons (Fsp3) is 0. The smallest absolute Gasteiger partial charge is 0.872 e. The van der Waals surface area contributed by atoms with Gasteiger partial charge in [-0.15, -0.1) is 11.5 Å². The van der Waals surface area contributed by atoms with Crippen molar-refractivity contribution in [2.75, 3.05) is 0 Å². The molecule has 0 amide bonds. The first-order valence-corrected chi connectivity index (χ1v) is 2.81. The molecule has 0 fully saturated rings. The number of rotatable bonds is 1. The van der Waals surface area contributed by atoms with E-state index in [0.717, 1.165) is 12.1 Å². The normalized spacial score (nSPS) is 7.43. The largest absolute Gasteiger partial charge is 1.00 e. The topological polar surface area (TPSA) is 86.2 Å². The van der Waals surface area contributed by atoms with Crippen molar-refractivity contribution in [1.29, 1.82) is 0 Å². The first kappa shape index (κ1) is 20.7. The van der Waals surface area contributed by atoms with E-state index in [0.29, 0.717) is 0 Å². The van der Waals surface area contributed by atoms with E-state index in [-0.39, 0.29) is 88.7 Å². The van der Waals surface area contributed by atoms with Crippen LogP contribution in [0.4, 0.5) is 0 Å². The zero-order valence-electron chi connectivity index (χ0n) is 8.37. The molecule has 1 rings (SSSR count). The van der Waals surface area contributed by atoms with E-state index >= 15 is 0 Å². The number of benzene rings is 1. The third-order valence-electron chi connectivity index (χ3n) is 1.19. The van der Waals surface area contributed by atoms with Crippen LogP contribution in [-0.4, -0.2) is 5.97 Å². The number of hydrogen-bond donors (Lipinski definition) is 0. The van der Waals surface area contributed by atoms with Crippen molar-refractivity contribution >= 4 is 5.97 Å². The summed E-state index contributed by atoms with van der Waals surface area (Å²) < 4.78 is 0. The predicted octanol–water partition coefficient (Wildman–Crippen LogP) is -10.8. The van der Waals surface area contributed by atoms with Crippen LogP contribution in [0.3, 0.4) is 0 Å². The first-order chi connectivity index (χ1) is 5.13. The van der Waals surface area contributed by atoms with Gasteiger partial charge in [0, 0.05) is 0 Å². The molecular weight excluding hydrogens is 217 g/mol. The van der Waals surface area contributed by atoms with E-state index in [4.69, 9.17) is 0 Å². The van der Waals surface area contributed by atoms with Gasteiger partial charge >= 0.3 is 88.7 Å². The van der Waals surface area contributed by atoms with Crippen LogP contribution in [0.5, 0.6) is 11.5 Å². The summed E-state index contributed by atoms with van der Waals surface area (Å²) in [4.78, 5) is 10.1. The number of aromatic carboxylic acids is 1. The van der Waals surface area contributed by atoms with Gasteiger partial charge in [0.15, 0.2) is 0 Å². The molecule has 0 N–H and O–H groups in total. The fourth-order valence-corrected chi connectivity index (χ4v) is 0.712. The van der Waals surface area contributed by atoms with E-state index in [2.05, 4.69) is 0 Å². The van der Waals surface area contributed by atoms with Crippen molar-refractivity contribution in [2.45, 2.75) is 0 Å². The van der Waals surface area contributed by atoms with Gasteiger partial charge in [0.05, 0.1) is 5.97 Å². The monoisotopic (exact) mass is 220 g/mol. The number of carbonyl (C=O) groups is 1. The van der Waals surface area contributed by atoms with Gasteiger partial charge in [-0.1, -0.05) is 18.2 Å². The summed E-state index contributed by atoms with van der Waals surface area (Å²) in [5, 5.41) is 31.5. The van der Waals surface area contributed by atoms with Gasteiger partial charge in [-0.05, 0) is 5.56 Å². The van der Waals surface area contributed by atoms with Crippen molar-refractivity contribution in [1.82, 2.24) is 0 Å². The average molecular weight is 220 g/mol. The van der Waals surface area contributed by atoms with E-state index in [1.54, 1.807) is 0 Å². The van der Waals surface area contributed by atoms with Crippen molar-refractivity contribution in [3.63, 3.8) is 0 Å². The molecular formula is C7H3Na3O4. The summed E-state index contributed by atoms with van der Waals surface area (Å²) in [6.45, 7) is 0. The third-order valence-corrected chi connectivity index (χ3v) is 1.19. The Morgan fingerprint density at radius 2 is 1.36 bits per heavy atom. The van der Waals surface area contributed by atoms with Gasteiger partial charge in [-0.3, -0.25) is 0 Å². The molecule has 1 aromatic rings. The Bertz CT molecular complexity index is 283. The molecule has 0 heterocycles. The van der Waals surface area contributed by atoms with Crippen LogP contribution in [0, 0.1) is 0 Å². The fourth-order valence-electron chi connectivity index (χ4n) is 0.712. The molecule has 0 unspecified atom stereocenters. The molecule has 0 aliphatic heterocycles. The molecule has 1 aromatic carbocycles. The summed E-state index contributed by atoms with van der Waals surface area (Å²) in [5.41, 5.74) is -0.799. The van der Waals surface area contributed by atoms with Gasteiger partial charge in [0.25, 0.3) is 0 Å².